The average molecular weight is 263 g/mol. The van der Waals surface area contributed by atoms with Gasteiger partial charge in [0.25, 0.3) is 0 Å². The number of alkyl halides is 1. The molecule has 0 amide bonds. The van der Waals surface area contributed by atoms with Gasteiger partial charge in [0.2, 0.25) is 0 Å². The molecule has 0 spiro atoms. The third-order valence-corrected chi connectivity index (χ3v) is 2.95. The largest absolute Gasteiger partial charge is 0.496 e. The summed E-state index contributed by atoms with van der Waals surface area (Å²) in [5.74, 6) is 1.85. The van der Waals surface area contributed by atoms with Crippen molar-refractivity contribution in [1.29, 1.82) is 0 Å². The molecular weight excluding hydrogens is 248 g/mol. The second-order valence-electron chi connectivity index (χ2n) is 4.13. The van der Waals surface area contributed by atoms with Crippen LogP contribution in [0.25, 0.3) is 11.3 Å². The van der Waals surface area contributed by atoms with E-state index in [0.717, 1.165) is 28.3 Å². The molecule has 1 aromatic carbocycles. The fourth-order valence-electron chi connectivity index (χ4n) is 1.88. The number of hydrogen-bond donors (Lipinski definition) is 0. The van der Waals surface area contributed by atoms with Crippen LogP contribution in [0, 0.1) is 13.8 Å². The third kappa shape index (κ3) is 2.62. The monoisotopic (exact) mass is 262 g/mol. The number of halogens is 1. The number of benzene rings is 1. The molecule has 0 bridgehead atoms. The molecule has 0 N–H and O–H groups in total. The Balaban J connectivity index is 2.48. The third-order valence-electron chi connectivity index (χ3n) is 2.71. The number of aryl methyl sites for hydroxylation is 2. The molecule has 0 aliphatic heterocycles. The van der Waals surface area contributed by atoms with Crippen LogP contribution in [0.5, 0.6) is 5.75 Å². The number of nitrogens with zero attached hydrogens (tertiary/aromatic N) is 2. The second kappa shape index (κ2) is 5.36. The van der Waals surface area contributed by atoms with Gasteiger partial charge in [-0.1, -0.05) is 0 Å². The standard InChI is InChI=1S/C14H15ClN2O/c1-9-6-11(4-5-13(9)18-3)12-7-10(2)16-14(8-15)17-12/h4-7H,8H2,1-3H3. The number of aromatic nitrogens is 2. The van der Waals surface area contributed by atoms with E-state index in [0.29, 0.717) is 11.7 Å². The summed E-state index contributed by atoms with van der Waals surface area (Å²) >= 11 is 5.79. The fourth-order valence-corrected chi connectivity index (χ4v) is 1.99. The van der Waals surface area contributed by atoms with Crippen LogP contribution in [0.1, 0.15) is 17.1 Å². The van der Waals surface area contributed by atoms with Crippen LogP contribution in [-0.2, 0) is 5.88 Å². The SMILES string of the molecule is COc1ccc(-c2cc(C)nc(CCl)n2)cc1C. The number of rotatable bonds is 3. The summed E-state index contributed by atoms with van der Waals surface area (Å²) in [5, 5.41) is 0. The topological polar surface area (TPSA) is 35.0 Å². The van der Waals surface area contributed by atoms with Crippen molar-refractivity contribution in [3.63, 3.8) is 0 Å². The molecular formula is C14H15ClN2O. The quantitative estimate of drug-likeness (QED) is 0.794. The van der Waals surface area contributed by atoms with Crippen LogP contribution in [0.4, 0.5) is 0 Å². The normalized spacial score (nSPS) is 10.4. The molecule has 2 aromatic rings. The van der Waals surface area contributed by atoms with Crippen LogP contribution in [0.3, 0.4) is 0 Å². The first-order valence-electron chi connectivity index (χ1n) is 5.69. The molecule has 3 nitrogen and oxygen atoms in total. The van der Waals surface area contributed by atoms with Crippen LogP contribution in [0.2, 0.25) is 0 Å². The van der Waals surface area contributed by atoms with Gasteiger partial charge in [0.1, 0.15) is 11.6 Å². The Hall–Kier alpha value is -1.61. The van der Waals surface area contributed by atoms with Crippen molar-refractivity contribution in [2.24, 2.45) is 0 Å². The first-order valence-corrected chi connectivity index (χ1v) is 6.23. The summed E-state index contributed by atoms with van der Waals surface area (Å²) in [6.45, 7) is 3.95. The van der Waals surface area contributed by atoms with E-state index in [1.807, 2.05) is 32.0 Å². The van der Waals surface area contributed by atoms with Gasteiger partial charge < -0.3 is 4.74 Å². The summed E-state index contributed by atoms with van der Waals surface area (Å²) in [6.07, 6.45) is 0. The minimum absolute atomic E-state index is 0.323. The zero-order chi connectivity index (χ0) is 13.1. The lowest BCUT2D eigenvalue weighted by Crippen LogP contribution is -1.97. The lowest BCUT2D eigenvalue weighted by atomic mass is 10.1. The van der Waals surface area contributed by atoms with E-state index in [1.54, 1.807) is 7.11 Å². The zero-order valence-electron chi connectivity index (χ0n) is 10.7. The van der Waals surface area contributed by atoms with Gasteiger partial charge in [0, 0.05) is 11.3 Å². The number of hydrogen-bond acceptors (Lipinski definition) is 3. The van der Waals surface area contributed by atoms with E-state index in [4.69, 9.17) is 16.3 Å². The first kappa shape index (κ1) is 12.8. The highest BCUT2D eigenvalue weighted by Gasteiger charge is 2.06. The molecule has 0 fully saturated rings. The van der Waals surface area contributed by atoms with Crippen molar-refractivity contribution >= 4 is 11.6 Å². The Labute approximate surface area is 112 Å². The molecule has 0 atom stereocenters. The van der Waals surface area contributed by atoms with E-state index in [1.165, 1.54) is 0 Å². The fraction of sp³-hybridized carbons (Fsp3) is 0.286. The van der Waals surface area contributed by atoms with Crippen molar-refractivity contribution in [1.82, 2.24) is 9.97 Å². The van der Waals surface area contributed by atoms with Crippen molar-refractivity contribution in [3.8, 4) is 17.0 Å². The van der Waals surface area contributed by atoms with Gasteiger partial charge in [-0.25, -0.2) is 9.97 Å². The molecule has 0 saturated heterocycles. The van der Waals surface area contributed by atoms with Gasteiger partial charge in [-0.2, -0.15) is 0 Å². The van der Waals surface area contributed by atoms with Gasteiger partial charge in [-0.15, -0.1) is 11.6 Å². The smallest absolute Gasteiger partial charge is 0.143 e. The van der Waals surface area contributed by atoms with Crippen LogP contribution in [0.15, 0.2) is 24.3 Å². The van der Waals surface area contributed by atoms with E-state index in [2.05, 4.69) is 16.0 Å². The first-order chi connectivity index (χ1) is 8.63. The van der Waals surface area contributed by atoms with Crippen LogP contribution < -0.4 is 4.74 Å². The lowest BCUT2D eigenvalue weighted by Gasteiger charge is -2.08. The molecule has 2 rings (SSSR count). The molecule has 0 aliphatic rings. The highest BCUT2D eigenvalue weighted by Crippen LogP contribution is 2.25. The predicted octanol–water partition coefficient (Wildman–Crippen LogP) is 3.51. The Morgan fingerprint density at radius 3 is 2.56 bits per heavy atom. The van der Waals surface area contributed by atoms with Crippen molar-refractivity contribution in [2.75, 3.05) is 7.11 Å². The van der Waals surface area contributed by atoms with Crippen LogP contribution in [-0.4, -0.2) is 17.1 Å². The highest BCUT2D eigenvalue weighted by atomic mass is 35.5. The second-order valence-corrected chi connectivity index (χ2v) is 4.40. The van der Waals surface area contributed by atoms with E-state index in [9.17, 15) is 0 Å². The van der Waals surface area contributed by atoms with Crippen LogP contribution >= 0.6 is 11.6 Å². The van der Waals surface area contributed by atoms with E-state index < -0.39 is 0 Å². The summed E-state index contributed by atoms with van der Waals surface area (Å²) in [4.78, 5) is 8.70. The van der Waals surface area contributed by atoms with Gasteiger partial charge >= 0.3 is 0 Å². The Kier molecular flexibility index (Phi) is 3.82. The lowest BCUT2D eigenvalue weighted by molar-refractivity contribution is 0.412. The molecule has 18 heavy (non-hydrogen) atoms. The van der Waals surface area contributed by atoms with Gasteiger partial charge in [-0.3, -0.25) is 0 Å². The molecule has 94 valence electrons. The summed E-state index contributed by atoms with van der Waals surface area (Å²) < 4.78 is 5.25. The molecule has 0 saturated carbocycles. The van der Waals surface area contributed by atoms with Gasteiger partial charge in [-0.05, 0) is 43.7 Å². The van der Waals surface area contributed by atoms with Crippen molar-refractivity contribution in [3.05, 3.63) is 41.3 Å². The molecule has 0 unspecified atom stereocenters. The van der Waals surface area contributed by atoms with Crippen molar-refractivity contribution < 1.29 is 4.74 Å². The predicted molar refractivity (Wildman–Crippen MR) is 73.1 cm³/mol. The van der Waals surface area contributed by atoms with Gasteiger partial charge in [0.05, 0.1) is 18.7 Å². The van der Waals surface area contributed by atoms with Crippen molar-refractivity contribution in [2.45, 2.75) is 19.7 Å². The molecule has 0 aliphatic carbocycles. The summed E-state index contributed by atoms with van der Waals surface area (Å²) in [5.41, 5.74) is 3.94. The minimum atomic E-state index is 0.323. The number of methoxy groups -OCH3 is 1. The molecule has 0 radical (unpaired) electrons. The maximum atomic E-state index is 5.79. The maximum absolute atomic E-state index is 5.79. The Bertz CT molecular complexity index is 570. The molecule has 1 aromatic heterocycles. The highest BCUT2D eigenvalue weighted by molar-refractivity contribution is 6.16. The average Bonchev–Trinajstić information content (AvgIpc) is 2.37. The Morgan fingerprint density at radius 1 is 1.17 bits per heavy atom. The Morgan fingerprint density at radius 2 is 1.94 bits per heavy atom. The summed E-state index contributed by atoms with van der Waals surface area (Å²) in [7, 11) is 1.67. The minimum Gasteiger partial charge on any atom is -0.496 e. The zero-order valence-corrected chi connectivity index (χ0v) is 11.5. The summed E-state index contributed by atoms with van der Waals surface area (Å²) in [6, 6.07) is 7.95. The molecule has 4 heteroatoms. The van der Waals surface area contributed by atoms with Gasteiger partial charge in [0.15, 0.2) is 0 Å². The van der Waals surface area contributed by atoms with E-state index in [-0.39, 0.29) is 0 Å². The maximum Gasteiger partial charge on any atom is 0.143 e. The van der Waals surface area contributed by atoms with E-state index >= 15 is 0 Å². The number of ether oxygens (including phenoxy) is 1. The molecule has 1 heterocycles.